The van der Waals surface area contributed by atoms with Crippen molar-refractivity contribution in [3.05, 3.63) is 47.8 Å². The molecular weight excluding hydrogens is 281 g/mol. The summed E-state index contributed by atoms with van der Waals surface area (Å²) >= 11 is 0. The minimum atomic E-state index is -0.328. The number of fused-ring (bicyclic) bond motifs is 1. The number of rotatable bonds is 5. The molecule has 22 heavy (non-hydrogen) atoms. The molecule has 0 aliphatic carbocycles. The van der Waals surface area contributed by atoms with Gasteiger partial charge in [0.25, 0.3) is 0 Å². The summed E-state index contributed by atoms with van der Waals surface area (Å²) < 4.78 is 15.7. The molecule has 0 saturated carbocycles. The van der Waals surface area contributed by atoms with Gasteiger partial charge in [-0.1, -0.05) is 6.07 Å². The van der Waals surface area contributed by atoms with Gasteiger partial charge in [-0.25, -0.2) is 14.4 Å². The third-order valence-electron chi connectivity index (χ3n) is 3.56. The van der Waals surface area contributed by atoms with Crippen LogP contribution in [0.3, 0.4) is 0 Å². The lowest BCUT2D eigenvalue weighted by Gasteiger charge is -2.09. The van der Waals surface area contributed by atoms with Gasteiger partial charge in [-0.3, -0.25) is 4.68 Å². The van der Waals surface area contributed by atoms with Crippen LogP contribution < -0.4 is 5.32 Å². The number of nitrogens with zero attached hydrogens (tertiary/aromatic N) is 4. The van der Waals surface area contributed by atoms with Gasteiger partial charge in [0, 0.05) is 24.2 Å². The van der Waals surface area contributed by atoms with Crippen LogP contribution in [-0.4, -0.2) is 26.3 Å². The zero-order valence-corrected chi connectivity index (χ0v) is 12.7. The Balaban J connectivity index is 1.65. The highest BCUT2D eigenvalue weighted by atomic mass is 19.1. The van der Waals surface area contributed by atoms with E-state index in [1.807, 2.05) is 24.6 Å². The van der Waals surface area contributed by atoms with Crippen molar-refractivity contribution in [2.45, 2.75) is 26.8 Å². The summed E-state index contributed by atoms with van der Waals surface area (Å²) in [6.07, 6.45) is 2.29. The van der Waals surface area contributed by atoms with E-state index >= 15 is 0 Å². The quantitative estimate of drug-likeness (QED) is 0.736. The van der Waals surface area contributed by atoms with E-state index in [0.29, 0.717) is 16.7 Å². The molecule has 0 fully saturated rings. The van der Waals surface area contributed by atoms with E-state index in [1.54, 1.807) is 6.07 Å². The Labute approximate surface area is 128 Å². The SMILES string of the molecule is Cc1cc(C)n(CCCNc2ncnc3c(F)cccc23)n1. The molecule has 0 atom stereocenters. The van der Waals surface area contributed by atoms with Gasteiger partial charge >= 0.3 is 0 Å². The molecule has 0 unspecified atom stereocenters. The van der Waals surface area contributed by atoms with Crippen LogP contribution in [0.5, 0.6) is 0 Å². The fraction of sp³-hybridized carbons (Fsp3) is 0.312. The third-order valence-corrected chi connectivity index (χ3v) is 3.56. The lowest BCUT2D eigenvalue weighted by atomic mass is 10.2. The molecule has 1 N–H and O–H groups in total. The number of aromatic nitrogens is 4. The third kappa shape index (κ3) is 2.90. The second kappa shape index (κ2) is 6.09. The largest absolute Gasteiger partial charge is 0.369 e. The highest BCUT2D eigenvalue weighted by Gasteiger charge is 2.07. The highest BCUT2D eigenvalue weighted by molar-refractivity contribution is 5.89. The maximum atomic E-state index is 13.7. The van der Waals surface area contributed by atoms with Gasteiger partial charge < -0.3 is 5.32 Å². The van der Waals surface area contributed by atoms with E-state index < -0.39 is 0 Å². The molecule has 1 aromatic carbocycles. The molecule has 0 amide bonds. The Bertz CT molecular complexity index is 796. The van der Waals surface area contributed by atoms with Crippen molar-refractivity contribution in [1.29, 1.82) is 0 Å². The maximum Gasteiger partial charge on any atom is 0.149 e. The summed E-state index contributed by atoms with van der Waals surface area (Å²) in [5.74, 6) is 0.337. The molecule has 0 aliphatic rings. The van der Waals surface area contributed by atoms with Crippen molar-refractivity contribution in [3.8, 4) is 0 Å². The first-order chi connectivity index (χ1) is 10.6. The fourth-order valence-corrected chi connectivity index (χ4v) is 2.53. The van der Waals surface area contributed by atoms with Crippen molar-refractivity contribution in [2.24, 2.45) is 0 Å². The summed E-state index contributed by atoms with van der Waals surface area (Å²) in [6, 6.07) is 6.96. The summed E-state index contributed by atoms with van der Waals surface area (Å²) in [6.45, 7) is 5.61. The van der Waals surface area contributed by atoms with Crippen LogP contribution in [0.1, 0.15) is 17.8 Å². The zero-order valence-electron chi connectivity index (χ0n) is 12.7. The molecule has 2 aromatic heterocycles. The average Bonchev–Trinajstić information content (AvgIpc) is 2.82. The van der Waals surface area contributed by atoms with E-state index in [9.17, 15) is 4.39 Å². The van der Waals surface area contributed by atoms with Crippen LogP contribution in [0.15, 0.2) is 30.6 Å². The first-order valence-corrected chi connectivity index (χ1v) is 7.29. The van der Waals surface area contributed by atoms with Gasteiger partial charge in [0.05, 0.1) is 5.69 Å². The molecule has 6 heteroatoms. The van der Waals surface area contributed by atoms with Crippen LogP contribution in [0.25, 0.3) is 10.9 Å². The number of anilines is 1. The molecule has 2 heterocycles. The Kier molecular flexibility index (Phi) is 4.00. The Hall–Kier alpha value is -2.50. The van der Waals surface area contributed by atoms with Crippen LogP contribution >= 0.6 is 0 Å². The zero-order chi connectivity index (χ0) is 15.5. The number of hydrogen-bond acceptors (Lipinski definition) is 4. The predicted octanol–water partition coefficient (Wildman–Crippen LogP) is 3.08. The van der Waals surface area contributed by atoms with E-state index in [-0.39, 0.29) is 5.82 Å². The van der Waals surface area contributed by atoms with Crippen LogP contribution in [0.4, 0.5) is 10.2 Å². The van der Waals surface area contributed by atoms with Gasteiger partial charge in [0.2, 0.25) is 0 Å². The van der Waals surface area contributed by atoms with E-state index in [4.69, 9.17) is 0 Å². The molecule has 0 bridgehead atoms. The van der Waals surface area contributed by atoms with Crippen molar-refractivity contribution in [3.63, 3.8) is 0 Å². The highest BCUT2D eigenvalue weighted by Crippen LogP contribution is 2.21. The maximum absolute atomic E-state index is 13.7. The summed E-state index contributed by atoms with van der Waals surface area (Å²) in [5.41, 5.74) is 2.54. The van der Waals surface area contributed by atoms with Gasteiger partial charge in [-0.15, -0.1) is 0 Å². The van der Waals surface area contributed by atoms with Crippen LogP contribution in [0, 0.1) is 19.7 Å². The summed E-state index contributed by atoms with van der Waals surface area (Å²) in [5, 5.41) is 8.38. The summed E-state index contributed by atoms with van der Waals surface area (Å²) in [4.78, 5) is 8.19. The number of hydrogen-bond donors (Lipinski definition) is 1. The number of halogens is 1. The van der Waals surface area contributed by atoms with Crippen LogP contribution in [0.2, 0.25) is 0 Å². The first kappa shape index (κ1) is 14.4. The number of benzene rings is 1. The molecule has 114 valence electrons. The number of para-hydroxylation sites is 1. The second-order valence-corrected chi connectivity index (χ2v) is 5.29. The van der Waals surface area contributed by atoms with E-state index in [1.165, 1.54) is 12.4 Å². The molecule has 0 saturated heterocycles. The monoisotopic (exact) mass is 299 g/mol. The van der Waals surface area contributed by atoms with E-state index in [0.717, 1.165) is 30.9 Å². The molecule has 0 spiro atoms. The van der Waals surface area contributed by atoms with Crippen LogP contribution in [-0.2, 0) is 6.54 Å². The first-order valence-electron chi connectivity index (χ1n) is 7.29. The van der Waals surface area contributed by atoms with Gasteiger partial charge in [-0.05, 0) is 38.5 Å². The normalized spacial score (nSPS) is 11.0. The average molecular weight is 299 g/mol. The van der Waals surface area contributed by atoms with E-state index in [2.05, 4.69) is 26.4 Å². The van der Waals surface area contributed by atoms with Crippen molar-refractivity contribution in [2.75, 3.05) is 11.9 Å². The smallest absolute Gasteiger partial charge is 0.149 e. The summed E-state index contributed by atoms with van der Waals surface area (Å²) in [7, 11) is 0. The Morgan fingerprint density at radius 3 is 2.86 bits per heavy atom. The molecular formula is C16H18FN5. The lowest BCUT2D eigenvalue weighted by Crippen LogP contribution is -2.10. The van der Waals surface area contributed by atoms with Crippen molar-refractivity contribution in [1.82, 2.24) is 19.7 Å². The van der Waals surface area contributed by atoms with Gasteiger partial charge in [-0.2, -0.15) is 5.10 Å². The lowest BCUT2D eigenvalue weighted by molar-refractivity contribution is 0.573. The predicted molar refractivity (Wildman–Crippen MR) is 84.3 cm³/mol. The standard InChI is InChI=1S/C16H18FN5/c1-11-9-12(2)22(21-11)8-4-7-18-16-13-5-3-6-14(17)15(13)19-10-20-16/h3,5-6,9-10H,4,7-8H2,1-2H3,(H,18,19,20). The molecule has 3 aromatic rings. The Morgan fingerprint density at radius 1 is 1.23 bits per heavy atom. The van der Waals surface area contributed by atoms with Gasteiger partial charge in [0.1, 0.15) is 23.5 Å². The van der Waals surface area contributed by atoms with Gasteiger partial charge in [0.15, 0.2) is 0 Å². The van der Waals surface area contributed by atoms with Crippen molar-refractivity contribution >= 4 is 16.7 Å². The molecule has 0 aliphatic heterocycles. The fourth-order valence-electron chi connectivity index (χ4n) is 2.53. The topological polar surface area (TPSA) is 55.6 Å². The minimum Gasteiger partial charge on any atom is -0.369 e. The number of nitrogens with one attached hydrogen (secondary N) is 1. The molecule has 0 radical (unpaired) electrons. The Morgan fingerprint density at radius 2 is 2.09 bits per heavy atom. The molecule has 5 nitrogen and oxygen atoms in total. The second-order valence-electron chi connectivity index (χ2n) is 5.29. The minimum absolute atomic E-state index is 0.328. The molecule has 3 rings (SSSR count). The number of aryl methyl sites for hydroxylation is 3. The van der Waals surface area contributed by atoms with Crippen molar-refractivity contribution < 1.29 is 4.39 Å².